The molecule has 5 nitrogen and oxygen atoms in total. The Morgan fingerprint density at radius 1 is 1.25 bits per heavy atom. The molecule has 0 radical (unpaired) electrons. The minimum absolute atomic E-state index is 0.135. The second-order valence-corrected chi connectivity index (χ2v) is 5.19. The maximum atomic E-state index is 12.4. The third-order valence-electron chi connectivity index (χ3n) is 2.89. The molecule has 0 unspecified atom stereocenters. The van der Waals surface area contributed by atoms with Gasteiger partial charge in [0, 0.05) is 23.1 Å². The topological polar surface area (TPSA) is 49.9 Å². The molecule has 1 aliphatic heterocycles. The van der Waals surface area contributed by atoms with E-state index in [2.05, 4.69) is 22.5 Å². The molecule has 2 rings (SSSR count). The molecule has 0 N–H and O–H groups in total. The van der Waals surface area contributed by atoms with E-state index >= 15 is 0 Å². The fourth-order valence-corrected chi connectivity index (χ4v) is 2.22. The molecule has 0 bridgehead atoms. The van der Waals surface area contributed by atoms with Gasteiger partial charge < -0.3 is 4.74 Å². The second kappa shape index (κ2) is 6.56. The largest absolute Gasteiger partial charge is 0.444 e. The molecule has 1 fully saturated rings. The summed E-state index contributed by atoms with van der Waals surface area (Å²) in [4.78, 5) is 24.2. The van der Waals surface area contributed by atoms with E-state index < -0.39 is 6.09 Å². The van der Waals surface area contributed by atoms with Crippen molar-refractivity contribution in [3.8, 4) is 0 Å². The standard InChI is InChI=1S/C14H15BrN2O3/c1-2-10-20-14(19)17-9-3-8-16(17)13(18)11-4-6-12(15)7-5-11/h2,4-7H,1,3,8-10H2. The van der Waals surface area contributed by atoms with Gasteiger partial charge in [0.15, 0.2) is 0 Å². The molecule has 0 atom stereocenters. The average molecular weight is 339 g/mol. The van der Waals surface area contributed by atoms with Crippen LogP contribution in [0.4, 0.5) is 4.79 Å². The van der Waals surface area contributed by atoms with Gasteiger partial charge in [-0.1, -0.05) is 28.6 Å². The molecule has 106 valence electrons. The van der Waals surface area contributed by atoms with E-state index in [1.54, 1.807) is 24.3 Å². The number of carbonyl (C=O) groups excluding carboxylic acids is 2. The molecular formula is C14H15BrN2O3. The summed E-state index contributed by atoms with van der Waals surface area (Å²) in [5.74, 6) is -0.203. The van der Waals surface area contributed by atoms with Crippen molar-refractivity contribution < 1.29 is 14.3 Å². The summed E-state index contributed by atoms with van der Waals surface area (Å²) in [6.45, 7) is 4.62. The van der Waals surface area contributed by atoms with Gasteiger partial charge in [-0.3, -0.25) is 4.79 Å². The lowest BCUT2D eigenvalue weighted by Crippen LogP contribution is -2.45. The van der Waals surface area contributed by atoms with E-state index in [-0.39, 0.29) is 12.5 Å². The molecule has 6 heteroatoms. The SMILES string of the molecule is C=CCOC(=O)N1CCCN1C(=O)c1ccc(Br)cc1. The zero-order chi connectivity index (χ0) is 14.5. The van der Waals surface area contributed by atoms with E-state index in [0.29, 0.717) is 18.7 Å². The highest BCUT2D eigenvalue weighted by molar-refractivity contribution is 9.10. The first-order chi connectivity index (χ1) is 9.63. The fourth-order valence-electron chi connectivity index (χ4n) is 1.96. The quantitative estimate of drug-likeness (QED) is 0.796. The Hall–Kier alpha value is -1.82. The van der Waals surface area contributed by atoms with Crippen molar-refractivity contribution in [1.29, 1.82) is 0 Å². The summed E-state index contributed by atoms with van der Waals surface area (Å²) in [6, 6.07) is 7.03. The fraction of sp³-hybridized carbons (Fsp3) is 0.286. The molecule has 0 spiro atoms. The zero-order valence-corrected chi connectivity index (χ0v) is 12.5. The zero-order valence-electron chi connectivity index (χ0n) is 10.9. The number of hydrogen-bond acceptors (Lipinski definition) is 3. The number of ether oxygens (including phenoxy) is 1. The van der Waals surface area contributed by atoms with Gasteiger partial charge in [-0.25, -0.2) is 14.8 Å². The van der Waals surface area contributed by atoms with Crippen LogP contribution in [0.3, 0.4) is 0 Å². The number of amides is 2. The van der Waals surface area contributed by atoms with Gasteiger partial charge in [0.1, 0.15) is 6.61 Å². The molecule has 0 aliphatic carbocycles. The highest BCUT2D eigenvalue weighted by atomic mass is 79.9. The third-order valence-corrected chi connectivity index (χ3v) is 3.42. The van der Waals surface area contributed by atoms with Crippen LogP contribution in [0.2, 0.25) is 0 Å². The molecule has 1 aromatic carbocycles. The van der Waals surface area contributed by atoms with Gasteiger partial charge in [0.2, 0.25) is 0 Å². The van der Waals surface area contributed by atoms with Crippen LogP contribution in [0.1, 0.15) is 16.8 Å². The van der Waals surface area contributed by atoms with Gasteiger partial charge in [-0.2, -0.15) is 0 Å². The Bertz CT molecular complexity index is 516. The van der Waals surface area contributed by atoms with E-state index in [4.69, 9.17) is 4.74 Å². The molecular weight excluding hydrogens is 324 g/mol. The molecule has 20 heavy (non-hydrogen) atoms. The number of nitrogens with zero attached hydrogens (tertiary/aromatic N) is 2. The summed E-state index contributed by atoms with van der Waals surface area (Å²) in [6.07, 6.45) is 1.72. The second-order valence-electron chi connectivity index (χ2n) is 4.28. The smallest absolute Gasteiger partial charge is 0.429 e. The number of benzene rings is 1. The lowest BCUT2D eigenvalue weighted by Gasteiger charge is -2.26. The van der Waals surface area contributed by atoms with Gasteiger partial charge in [0.05, 0.1) is 0 Å². The number of carbonyl (C=O) groups is 2. The molecule has 1 aromatic rings. The van der Waals surface area contributed by atoms with Gasteiger partial charge >= 0.3 is 6.09 Å². The van der Waals surface area contributed by atoms with Gasteiger partial charge in [-0.05, 0) is 30.7 Å². The molecule has 0 saturated carbocycles. The van der Waals surface area contributed by atoms with Crippen LogP contribution < -0.4 is 0 Å². The Balaban J connectivity index is 2.10. The Morgan fingerprint density at radius 2 is 1.90 bits per heavy atom. The first-order valence-electron chi connectivity index (χ1n) is 6.26. The Kier molecular flexibility index (Phi) is 4.79. The predicted octanol–water partition coefficient (Wildman–Crippen LogP) is 2.83. The first-order valence-corrected chi connectivity index (χ1v) is 7.05. The van der Waals surface area contributed by atoms with E-state index in [0.717, 1.165) is 10.9 Å². The number of hydrogen-bond donors (Lipinski definition) is 0. The molecule has 1 heterocycles. The highest BCUT2D eigenvalue weighted by Crippen LogP contribution is 2.18. The van der Waals surface area contributed by atoms with E-state index in [9.17, 15) is 9.59 Å². The van der Waals surface area contributed by atoms with Crippen molar-refractivity contribution in [3.63, 3.8) is 0 Å². The summed E-state index contributed by atoms with van der Waals surface area (Å²) >= 11 is 3.32. The first kappa shape index (κ1) is 14.6. The van der Waals surface area contributed by atoms with Gasteiger partial charge in [0.25, 0.3) is 5.91 Å². The number of halogens is 1. The normalized spacial score (nSPS) is 14.2. The van der Waals surface area contributed by atoms with Crippen molar-refractivity contribution in [2.75, 3.05) is 19.7 Å². The molecule has 1 aliphatic rings. The lowest BCUT2D eigenvalue weighted by molar-refractivity contribution is 0.0161. The maximum absolute atomic E-state index is 12.4. The van der Waals surface area contributed by atoms with Crippen LogP contribution in [0.25, 0.3) is 0 Å². The van der Waals surface area contributed by atoms with Crippen molar-refractivity contribution >= 4 is 27.9 Å². The molecule has 0 aromatic heterocycles. The maximum Gasteiger partial charge on any atom is 0.429 e. The molecule has 1 saturated heterocycles. The summed E-state index contributed by atoms with van der Waals surface area (Å²) in [7, 11) is 0. The van der Waals surface area contributed by atoms with Crippen LogP contribution >= 0.6 is 15.9 Å². The monoisotopic (exact) mass is 338 g/mol. The minimum atomic E-state index is -0.520. The Morgan fingerprint density at radius 3 is 2.55 bits per heavy atom. The van der Waals surface area contributed by atoms with Crippen LogP contribution in [-0.2, 0) is 4.74 Å². The van der Waals surface area contributed by atoms with Gasteiger partial charge in [-0.15, -0.1) is 0 Å². The van der Waals surface area contributed by atoms with E-state index in [1.807, 2.05) is 0 Å². The molecule has 2 amide bonds. The Labute approximate surface area is 125 Å². The van der Waals surface area contributed by atoms with Crippen molar-refractivity contribution in [2.45, 2.75) is 6.42 Å². The lowest BCUT2D eigenvalue weighted by atomic mass is 10.2. The minimum Gasteiger partial charge on any atom is -0.444 e. The third kappa shape index (κ3) is 3.19. The average Bonchev–Trinajstić information content (AvgIpc) is 2.94. The van der Waals surface area contributed by atoms with Crippen LogP contribution in [0, 0.1) is 0 Å². The van der Waals surface area contributed by atoms with Crippen LogP contribution in [0.15, 0.2) is 41.4 Å². The highest BCUT2D eigenvalue weighted by Gasteiger charge is 2.32. The summed E-state index contributed by atoms with van der Waals surface area (Å²) in [5.41, 5.74) is 0.539. The summed E-state index contributed by atoms with van der Waals surface area (Å²) < 4.78 is 5.88. The van der Waals surface area contributed by atoms with Crippen molar-refractivity contribution in [2.24, 2.45) is 0 Å². The van der Waals surface area contributed by atoms with Crippen molar-refractivity contribution in [1.82, 2.24) is 10.0 Å². The summed E-state index contributed by atoms with van der Waals surface area (Å²) in [5, 5.41) is 2.77. The number of rotatable bonds is 3. The van der Waals surface area contributed by atoms with E-state index in [1.165, 1.54) is 16.1 Å². The predicted molar refractivity (Wildman–Crippen MR) is 78.0 cm³/mol. The van der Waals surface area contributed by atoms with Crippen LogP contribution in [-0.4, -0.2) is 41.7 Å². The number of hydrazine groups is 1. The van der Waals surface area contributed by atoms with Crippen molar-refractivity contribution in [3.05, 3.63) is 47.0 Å². The van der Waals surface area contributed by atoms with Crippen LogP contribution in [0.5, 0.6) is 0 Å².